The van der Waals surface area contributed by atoms with Crippen molar-refractivity contribution < 1.29 is 9.90 Å². The fourth-order valence-electron chi connectivity index (χ4n) is 3.14. The summed E-state index contributed by atoms with van der Waals surface area (Å²) in [5, 5.41) is 9.29. The second-order valence-electron chi connectivity index (χ2n) is 6.01. The molecule has 0 bridgehead atoms. The number of hydrogen-bond donors (Lipinski definition) is 1. The molecule has 0 amide bonds. The lowest BCUT2D eigenvalue weighted by Crippen LogP contribution is -2.15. The fraction of sp³-hybridized carbons (Fsp3) is 0.938. The van der Waals surface area contributed by atoms with E-state index in [0.717, 1.165) is 31.6 Å². The highest BCUT2D eigenvalue weighted by atomic mass is 127. The highest BCUT2D eigenvalue weighted by Crippen LogP contribution is 2.30. The van der Waals surface area contributed by atoms with E-state index < -0.39 is 5.97 Å². The molecule has 0 heterocycles. The molecular weight excluding hydrogens is 351 g/mol. The zero-order chi connectivity index (χ0) is 13.9. The Morgan fingerprint density at radius 1 is 1.05 bits per heavy atom. The number of hydrogen-bond acceptors (Lipinski definition) is 1. The molecule has 0 aromatic carbocycles. The van der Waals surface area contributed by atoms with Crippen molar-refractivity contribution in [2.24, 2.45) is 11.8 Å². The van der Waals surface area contributed by atoms with Gasteiger partial charge in [-0.15, -0.1) is 0 Å². The van der Waals surface area contributed by atoms with Crippen LogP contribution in [0.2, 0.25) is 0 Å². The van der Waals surface area contributed by atoms with Crippen LogP contribution in [0.3, 0.4) is 0 Å². The summed E-state index contributed by atoms with van der Waals surface area (Å²) in [5.74, 6) is 0.181. The van der Waals surface area contributed by atoms with Crippen molar-refractivity contribution in [2.75, 3.05) is 4.43 Å². The first-order valence-corrected chi connectivity index (χ1v) is 9.55. The van der Waals surface area contributed by atoms with Crippen LogP contribution in [0.4, 0.5) is 0 Å². The molecule has 1 unspecified atom stereocenters. The average molecular weight is 380 g/mol. The first kappa shape index (κ1) is 17.3. The second kappa shape index (κ2) is 10.9. The Bertz CT molecular complexity index is 237. The summed E-state index contributed by atoms with van der Waals surface area (Å²) in [4.78, 5) is 11.3. The lowest BCUT2D eigenvalue weighted by Gasteiger charge is -2.15. The molecule has 1 aliphatic carbocycles. The zero-order valence-corrected chi connectivity index (χ0v) is 14.2. The van der Waals surface area contributed by atoms with Crippen LogP contribution < -0.4 is 0 Å². The smallest absolute Gasteiger partial charge is 0.306 e. The Labute approximate surface area is 131 Å². The summed E-state index contributed by atoms with van der Waals surface area (Å²) in [5.41, 5.74) is 0. The van der Waals surface area contributed by atoms with Gasteiger partial charge in [0, 0.05) is 0 Å². The summed E-state index contributed by atoms with van der Waals surface area (Å²) in [6.45, 7) is 0. The number of aliphatic carboxylic acids is 1. The van der Waals surface area contributed by atoms with Crippen molar-refractivity contribution in [2.45, 2.75) is 77.0 Å². The van der Waals surface area contributed by atoms with E-state index in [1.165, 1.54) is 55.8 Å². The summed E-state index contributed by atoms with van der Waals surface area (Å²) in [6.07, 6.45) is 14.5. The van der Waals surface area contributed by atoms with E-state index in [1.807, 2.05) is 0 Å². The van der Waals surface area contributed by atoms with Gasteiger partial charge in [0.1, 0.15) is 0 Å². The Kier molecular flexibility index (Phi) is 9.92. The average Bonchev–Trinajstić information content (AvgIpc) is 2.89. The van der Waals surface area contributed by atoms with Gasteiger partial charge in [0.2, 0.25) is 0 Å². The van der Waals surface area contributed by atoms with Gasteiger partial charge in [-0.05, 0) is 36.0 Å². The third-order valence-corrected chi connectivity index (χ3v) is 5.20. The van der Waals surface area contributed by atoms with Gasteiger partial charge in [-0.1, -0.05) is 74.0 Å². The Balaban J connectivity index is 2.08. The molecule has 0 radical (unpaired) electrons. The molecule has 1 rings (SSSR count). The third kappa shape index (κ3) is 8.16. The number of halogens is 1. The molecule has 0 aromatic heterocycles. The molecule has 0 spiro atoms. The minimum atomic E-state index is -0.565. The highest BCUT2D eigenvalue weighted by molar-refractivity contribution is 14.1. The molecule has 1 fully saturated rings. The van der Waals surface area contributed by atoms with Gasteiger partial charge in [0.15, 0.2) is 0 Å². The molecule has 2 nitrogen and oxygen atoms in total. The van der Waals surface area contributed by atoms with Gasteiger partial charge in [0.25, 0.3) is 0 Å². The van der Waals surface area contributed by atoms with Gasteiger partial charge in [-0.25, -0.2) is 0 Å². The van der Waals surface area contributed by atoms with Crippen molar-refractivity contribution in [1.29, 1.82) is 0 Å². The molecule has 1 aliphatic rings. The molecule has 3 heteroatoms. The van der Waals surface area contributed by atoms with Crippen LogP contribution in [-0.4, -0.2) is 15.5 Å². The van der Waals surface area contributed by atoms with Crippen LogP contribution in [0.25, 0.3) is 0 Å². The van der Waals surface area contributed by atoms with E-state index in [0.29, 0.717) is 0 Å². The molecule has 1 atom stereocenters. The van der Waals surface area contributed by atoms with Crippen LogP contribution in [0.5, 0.6) is 0 Å². The Morgan fingerprint density at radius 3 is 2.32 bits per heavy atom. The first-order chi connectivity index (χ1) is 9.24. The van der Waals surface area contributed by atoms with Crippen molar-refractivity contribution >= 4 is 28.6 Å². The summed E-state index contributed by atoms with van der Waals surface area (Å²) in [7, 11) is 0. The van der Waals surface area contributed by atoms with Gasteiger partial charge >= 0.3 is 5.97 Å². The van der Waals surface area contributed by atoms with Crippen LogP contribution in [0.1, 0.15) is 77.0 Å². The summed E-state index contributed by atoms with van der Waals surface area (Å²) < 4.78 is 1.25. The van der Waals surface area contributed by atoms with Crippen molar-refractivity contribution in [3.63, 3.8) is 0 Å². The zero-order valence-electron chi connectivity index (χ0n) is 12.1. The summed E-state index contributed by atoms with van der Waals surface area (Å²) in [6, 6.07) is 0. The van der Waals surface area contributed by atoms with Gasteiger partial charge in [-0.3, -0.25) is 4.79 Å². The third-order valence-electron chi connectivity index (χ3n) is 4.43. The van der Waals surface area contributed by atoms with Crippen molar-refractivity contribution in [1.82, 2.24) is 0 Å². The molecule has 19 heavy (non-hydrogen) atoms. The summed E-state index contributed by atoms with van der Waals surface area (Å²) >= 11 is 2.42. The maximum atomic E-state index is 11.3. The van der Waals surface area contributed by atoms with E-state index in [2.05, 4.69) is 22.6 Å². The van der Waals surface area contributed by atoms with Crippen LogP contribution in [-0.2, 0) is 4.79 Å². The Hall–Kier alpha value is 0.200. The number of unbranched alkanes of at least 4 members (excludes halogenated alkanes) is 4. The van der Waals surface area contributed by atoms with Crippen LogP contribution >= 0.6 is 22.6 Å². The molecule has 0 saturated heterocycles. The van der Waals surface area contributed by atoms with E-state index in [9.17, 15) is 9.90 Å². The van der Waals surface area contributed by atoms with E-state index >= 15 is 0 Å². The van der Waals surface area contributed by atoms with Gasteiger partial charge in [-0.2, -0.15) is 0 Å². The molecule has 0 aliphatic heterocycles. The highest BCUT2D eigenvalue weighted by Gasteiger charge is 2.21. The maximum absolute atomic E-state index is 11.3. The number of rotatable bonds is 11. The molecule has 1 N–H and O–H groups in total. The van der Waals surface area contributed by atoms with Crippen molar-refractivity contribution in [3.8, 4) is 0 Å². The van der Waals surface area contributed by atoms with Crippen molar-refractivity contribution in [3.05, 3.63) is 0 Å². The monoisotopic (exact) mass is 380 g/mol. The minimum absolute atomic E-state index is 0.0785. The SMILES string of the molecule is O=C(O)C(CCCCCCCI)CCC1CCCC1. The molecule has 1 saturated carbocycles. The Morgan fingerprint density at radius 2 is 1.68 bits per heavy atom. The first-order valence-electron chi connectivity index (χ1n) is 8.02. The number of carbonyl (C=O) groups is 1. The molecular formula is C16H29IO2. The topological polar surface area (TPSA) is 37.3 Å². The quantitative estimate of drug-likeness (QED) is 0.295. The molecule has 112 valence electrons. The predicted octanol–water partition coefficient (Wildman–Crippen LogP) is 5.43. The fourth-order valence-corrected chi connectivity index (χ4v) is 3.68. The second-order valence-corrected chi connectivity index (χ2v) is 7.09. The maximum Gasteiger partial charge on any atom is 0.306 e. The predicted molar refractivity (Wildman–Crippen MR) is 88.9 cm³/mol. The number of carboxylic acid groups (broad SMARTS) is 1. The van der Waals surface area contributed by atoms with Crippen LogP contribution in [0.15, 0.2) is 0 Å². The van der Waals surface area contributed by atoms with Gasteiger partial charge in [0.05, 0.1) is 5.92 Å². The van der Waals surface area contributed by atoms with Gasteiger partial charge < -0.3 is 5.11 Å². The number of carboxylic acids is 1. The normalized spacial score (nSPS) is 17.7. The largest absolute Gasteiger partial charge is 0.481 e. The minimum Gasteiger partial charge on any atom is -0.481 e. The standard InChI is InChI=1S/C16H29IO2/c17-13-7-3-1-2-4-10-15(16(18)19)12-11-14-8-5-6-9-14/h14-15H,1-13H2,(H,18,19). The van der Waals surface area contributed by atoms with Crippen LogP contribution in [0, 0.1) is 11.8 Å². The number of alkyl halides is 1. The van der Waals surface area contributed by atoms with E-state index in [-0.39, 0.29) is 5.92 Å². The van der Waals surface area contributed by atoms with E-state index in [1.54, 1.807) is 0 Å². The molecule has 0 aromatic rings. The lowest BCUT2D eigenvalue weighted by molar-refractivity contribution is -0.142. The van der Waals surface area contributed by atoms with E-state index in [4.69, 9.17) is 0 Å². The lowest BCUT2D eigenvalue weighted by atomic mass is 9.91.